The van der Waals surface area contributed by atoms with Crippen molar-refractivity contribution >= 4 is 36.0 Å². The maximum absolute atomic E-state index is 12.3. The molecular formula is C14H27F2IN4O2. The second-order valence-electron chi connectivity index (χ2n) is 6.30. The summed E-state index contributed by atoms with van der Waals surface area (Å²) < 4.78 is 29.9. The number of guanidine groups is 1. The lowest BCUT2D eigenvalue weighted by atomic mass is 10.2. The first kappa shape index (κ1) is 22.1. The van der Waals surface area contributed by atoms with E-state index in [1.165, 1.54) is 0 Å². The molecule has 1 amide bonds. The first-order valence-corrected chi connectivity index (χ1v) is 7.33. The lowest BCUT2D eigenvalue weighted by Crippen LogP contribution is -2.45. The maximum Gasteiger partial charge on any atom is 0.410 e. The Morgan fingerprint density at radius 2 is 2.09 bits per heavy atom. The van der Waals surface area contributed by atoms with Crippen LogP contribution in [0.25, 0.3) is 0 Å². The van der Waals surface area contributed by atoms with Crippen molar-refractivity contribution in [3.63, 3.8) is 0 Å². The number of carbonyl (C=O) groups excluding carboxylic acids is 1. The molecule has 0 radical (unpaired) electrons. The van der Waals surface area contributed by atoms with Crippen molar-refractivity contribution in [3.05, 3.63) is 0 Å². The predicted octanol–water partition coefficient (Wildman–Crippen LogP) is 2.39. The molecule has 1 atom stereocenters. The van der Waals surface area contributed by atoms with Crippen LogP contribution in [0.5, 0.6) is 0 Å². The Kier molecular flexibility index (Phi) is 9.07. The molecule has 0 aromatic rings. The van der Waals surface area contributed by atoms with E-state index in [0.717, 1.165) is 6.42 Å². The van der Waals surface area contributed by atoms with Crippen molar-refractivity contribution in [2.24, 2.45) is 4.99 Å². The topological polar surface area (TPSA) is 57.2 Å². The number of ether oxygens (including phenoxy) is 1. The van der Waals surface area contributed by atoms with Gasteiger partial charge in [-0.15, -0.1) is 24.0 Å². The van der Waals surface area contributed by atoms with Gasteiger partial charge >= 0.3 is 6.09 Å². The van der Waals surface area contributed by atoms with E-state index in [2.05, 4.69) is 10.3 Å². The van der Waals surface area contributed by atoms with Crippen LogP contribution in [-0.2, 0) is 4.74 Å². The Morgan fingerprint density at radius 1 is 1.48 bits per heavy atom. The van der Waals surface area contributed by atoms with Gasteiger partial charge in [-0.1, -0.05) is 0 Å². The zero-order valence-electron chi connectivity index (χ0n) is 14.3. The molecule has 0 bridgehead atoms. The van der Waals surface area contributed by atoms with Gasteiger partial charge in [0.2, 0.25) is 0 Å². The normalized spacial score (nSPS) is 18.7. The van der Waals surface area contributed by atoms with Gasteiger partial charge in [0, 0.05) is 27.2 Å². The Labute approximate surface area is 153 Å². The standard InChI is InChI=1S/C14H26F2N4O2.HI/c1-14(2,3)22-13(21)19(5)10-6-7-20(9-10)12(17-4)18-8-11(15)16;/h10-11H,6-9H2,1-5H3,(H,17,18);1H. The van der Waals surface area contributed by atoms with Gasteiger partial charge in [0.25, 0.3) is 6.43 Å². The average Bonchev–Trinajstić information content (AvgIpc) is 2.85. The quantitative estimate of drug-likeness (QED) is 0.410. The van der Waals surface area contributed by atoms with Gasteiger partial charge in [0.15, 0.2) is 5.96 Å². The van der Waals surface area contributed by atoms with E-state index < -0.39 is 18.6 Å². The minimum atomic E-state index is -2.43. The molecule has 0 aromatic carbocycles. The number of aliphatic imine (C=N–C) groups is 1. The van der Waals surface area contributed by atoms with Gasteiger partial charge in [-0.2, -0.15) is 0 Å². The lowest BCUT2D eigenvalue weighted by molar-refractivity contribution is 0.0232. The smallest absolute Gasteiger partial charge is 0.410 e. The van der Waals surface area contributed by atoms with Crippen LogP contribution in [0.15, 0.2) is 4.99 Å². The van der Waals surface area contributed by atoms with Crippen LogP contribution in [0.1, 0.15) is 27.2 Å². The third-order valence-electron chi connectivity index (χ3n) is 3.32. The molecule has 136 valence electrons. The van der Waals surface area contributed by atoms with Crippen LogP contribution < -0.4 is 5.32 Å². The highest BCUT2D eigenvalue weighted by Gasteiger charge is 2.32. The molecule has 1 fully saturated rings. The molecule has 23 heavy (non-hydrogen) atoms. The molecule has 1 aliphatic heterocycles. The molecule has 0 aliphatic carbocycles. The number of hydrogen-bond acceptors (Lipinski definition) is 3. The third-order valence-corrected chi connectivity index (χ3v) is 3.32. The summed E-state index contributed by atoms with van der Waals surface area (Å²) in [7, 11) is 3.25. The van der Waals surface area contributed by atoms with Gasteiger partial charge in [0.1, 0.15) is 5.60 Å². The number of nitrogens with zero attached hydrogens (tertiary/aromatic N) is 3. The molecule has 1 heterocycles. The molecule has 1 saturated heterocycles. The molecule has 9 heteroatoms. The minimum absolute atomic E-state index is 0. The van der Waals surface area contributed by atoms with Crippen molar-refractivity contribution in [2.75, 3.05) is 33.7 Å². The van der Waals surface area contributed by atoms with E-state index in [-0.39, 0.29) is 36.1 Å². The van der Waals surface area contributed by atoms with Crippen LogP contribution in [0.2, 0.25) is 0 Å². The van der Waals surface area contributed by atoms with Crippen LogP contribution in [0.4, 0.5) is 13.6 Å². The van der Waals surface area contributed by atoms with Crippen LogP contribution in [-0.4, -0.2) is 73.7 Å². The van der Waals surface area contributed by atoms with Crippen molar-refractivity contribution in [2.45, 2.75) is 45.3 Å². The minimum Gasteiger partial charge on any atom is -0.444 e. The zero-order chi connectivity index (χ0) is 16.9. The molecular weight excluding hydrogens is 421 g/mol. The van der Waals surface area contributed by atoms with Gasteiger partial charge in [0.05, 0.1) is 12.6 Å². The Morgan fingerprint density at radius 3 is 2.57 bits per heavy atom. The van der Waals surface area contributed by atoms with Crippen molar-refractivity contribution < 1.29 is 18.3 Å². The maximum atomic E-state index is 12.3. The molecule has 1 rings (SSSR count). The van der Waals surface area contributed by atoms with Gasteiger partial charge in [-0.25, -0.2) is 13.6 Å². The fourth-order valence-electron chi connectivity index (χ4n) is 2.23. The van der Waals surface area contributed by atoms with E-state index in [4.69, 9.17) is 4.74 Å². The van der Waals surface area contributed by atoms with Gasteiger partial charge in [-0.3, -0.25) is 4.99 Å². The monoisotopic (exact) mass is 448 g/mol. The summed E-state index contributed by atoms with van der Waals surface area (Å²) in [5.74, 6) is 0.431. The number of rotatable bonds is 3. The highest BCUT2D eigenvalue weighted by molar-refractivity contribution is 14.0. The number of amides is 1. The van der Waals surface area contributed by atoms with Crippen LogP contribution in [0, 0.1) is 0 Å². The first-order chi connectivity index (χ1) is 10.1. The molecule has 1 unspecified atom stereocenters. The molecule has 1 aliphatic rings. The fourth-order valence-corrected chi connectivity index (χ4v) is 2.23. The largest absolute Gasteiger partial charge is 0.444 e. The molecule has 0 aromatic heterocycles. The summed E-state index contributed by atoms with van der Waals surface area (Å²) >= 11 is 0. The molecule has 0 spiro atoms. The number of alkyl halides is 2. The molecule has 6 nitrogen and oxygen atoms in total. The SMILES string of the molecule is CN=C(NCC(F)F)N1CCC(N(C)C(=O)OC(C)(C)C)C1.I. The average molecular weight is 448 g/mol. The number of nitrogens with one attached hydrogen (secondary N) is 1. The number of likely N-dealkylation sites (N-methyl/N-ethyl adjacent to an activating group) is 1. The number of halogens is 3. The third kappa shape index (κ3) is 7.49. The highest BCUT2D eigenvalue weighted by atomic mass is 127. The summed E-state index contributed by atoms with van der Waals surface area (Å²) in [6, 6.07) is -0.0278. The van der Waals surface area contributed by atoms with E-state index in [1.807, 2.05) is 25.7 Å². The lowest BCUT2D eigenvalue weighted by Gasteiger charge is -2.29. The van der Waals surface area contributed by atoms with E-state index in [9.17, 15) is 13.6 Å². The van der Waals surface area contributed by atoms with Gasteiger partial charge in [-0.05, 0) is 27.2 Å². The van der Waals surface area contributed by atoms with E-state index in [1.54, 1.807) is 19.0 Å². The second-order valence-corrected chi connectivity index (χ2v) is 6.30. The number of likely N-dealkylation sites (tertiary alicyclic amines) is 1. The number of hydrogen-bond donors (Lipinski definition) is 1. The summed E-state index contributed by atoms with van der Waals surface area (Å²) in [4.78, 5) is 19.5. The van der Waals surface area contributed by atoms with E-state index in [0.29, 0.717) is 19.0 Å². The zero-order valence-corrected chi connectivity index (χ0v) is 16.6. The first-order valence-electron chi connectivity index (χ1n) is 7.33. The highest BCUT2D eigenvalue weighted by Crippen LogP contribution is 2.17. The Balaban J connectivity index is 0.00000484. The van der Waals surface area contributed by atoms with Crippen LogP contribution in [0.3, 0.4) is 0 Å². The Hall–Kier alpha value is -0.870. The van der Waals surface area contributed by atoms with Crippen molar-refractivity contribution in [3.8, 4) is 0 Å². The summed E-state index contributed by atoms with van der Waals surface area (Å²) in [5, 5.41) is 2.63. The van der Waals surface area contributed by atoms with Crippen molar-refractivity contribution in [1.82, 2.24) is 15.1 Å². The second kappa shape index (κ2) is 9.43. The predicted molar refractivity (Wildman–Crippen MR) is 96.8 cm³/mol. The van der Waals surface area contributed by atoms with Crippen LogP contribution >= 0.6 is 24.0 Å². The van der Waals surface area contributed by atoms with Crippen molar-refractivity contribution in [1.29, 1.82) is 0 Å². The van der Waals surface area contributed by atoms with Gasteiger partial charge < -0.3 is 19.9 Å². The summed E-state index contributed by atoms with van der Waals surface area (Å²) in [6.07, 6.45) is -2.07. The molecule has 0 saturated carbocycles. The van der Waals surface area contributed by atoms with E-state index >= 15 is 0 Å². The Bertz CT molecular complexity index is 416. The molecule has 1 N–H and O–H groups in total. The number of carbonyl (C=O) groups is 1. The summed E-state index contributed by atoms with van der Waals surface area (Å²) in [6.45, 7) is 6.20. The summed E-state index contributed by atoms with van der Waals surface area (Å²) in [5.41, 5.74) is -0.543. The fraction of sp³-hybridized carbons (Fsp3) is 0.857.